The Hall–Kier alpha value is -2.98. The summed E-state index contributed by atoms with van der Waals surface area (Å²) in [7, 11) is 1.38. The Morgan fingerprint density at radius 3 is 2.52 bits per heavy atom. The first kappa shape index (κ1) is 17.4. The topological polar surface area (TPSA) is 29.5 Å². The Morgan fingerprint density at radius 2 is 1.78 bits per heavy atom. The van der Waals surface area contributed by atoms with E-state index in [0.717, 1.165) is 12.1 Å². The third-order valence-corrected chi connectivity index (χ3v) is 5.21. The van der Waals surface area contributed by atoms with Crippen LogP contribution >= 0.6 is 12.2 Å². The van der Waals surface area contributed by atoms with Gasteiger partial charge in [-0.05, 0) is 58.5 Å². The highest BCUT2D eigenvalue weighted by Crippen LogP contribution is 2.37. The Morgan fingerprint density at radius 1 is 1.04 bits per heavy atom. The molecule has 1 aliphatic carbocycles. The smallest absolute Gasteiger partial charge is 0.337 e. The van der Waals surface area contributed by atoms with Crippen LogP contribution in [0.15, 0.2) is 66.7 Å². The summed E-state index contributed by atoms with van der Waals surface area (Å²) < 4.78 is 4.75. The summed E-state index contributed by atoms with van der Waals surface area (Å²) in [6.07, 6.45) is 0.977. The third kappa shape index (κ3) is 3.36. The Labute approximate surface area is 164 Å². The lowest BCUT2D eigenvalue weighted by Crippen LogP contribution is -2.19. The molecule has 4 rings (SSSR count). The monoisotopic (exact) mass is 373 g/mol. The number of anilines is 1. The standard InChI is InChI=1S/C23H19NO2S/c1-26-23(25)17-7-9-20(10-8-17)24(15-27)14-16-6-11-22-19(12-16)13-18-4-2-3-5-21(18)22/h2-12,15H,13-14H2,1H3. The summed E-state index contributed by atoms with van der Waals surface area (Å²) in [5.41, 5.74) is 9.74. The number of benzene rings is 3. The van der Waals surface area contributed by atoms with Crippen molar-refractivity contribution < 1.29 is 9.53 Å². The molecule has 0 heterocycles. The lowest BCUT2D eigenvalue weighted by Gasteiger charge is -2.20. The molecule has 0 radical (unpaired) electrons. The van der Waals surface area contributed by atoms with Crippen molar-refractivity contribution in [1.29, 1.82) is 0 Å². The molecule has 27 heavy (non-hydrogen) atoms. The number of fused-ring (bicyclic) bond motifs is 3. The largest absolute Gasteiger partial charge is 0.465 e. The van der Waals surface area contributed by atoms with Gasteiger partial charge in [0.05, 0.1) is 18.2 Å². The fraction of sp³-hybridized carbons (Fsp3) is 0.130. The number of ether oxygens (including phenoxy) is 1. The fourth-order valence-corrected chi connectivity index (χ4v) is 3.79. The van der Waals surface area contributed by atoms with Crippen LogP contribution in [-0.2, 0) is 17.7 Å². The zero-order chi connectivity index (χ0) is 18.8. The average molecular weight is 373 g/mol. The van der Waals surface area contributed by atoms with Crippen molar-refractivity contribution >= 4 is 29.4 Å². The van der Waals surface area contributed by atoms with Gasteiger partial charge < -0.3 is 9.64 Å². The summed E-state index contributed by atoms with van der Waals surface area (Å²) in [4.78, 5) is 13.6. The molecule has 4 heteroatoms. The van der Waals surface area contributed by atoms with Crippen molar-refractivity contribution in [3.63, 3.8) is 0 Å². The molecule has 3 nitrogen and oxygen atoms in total. The third-order valence-electron chi connectivity index (χ3n) is 4.96. The lowest BCUT2D eigenvalue weighted by molar-refractivity contribution is 0.0601. The first-order valence-electron chi connectivity index (χ1n) is 8.80. The van der Waals surface area contributed by atoms with E-state index in [-0.39, 0.29) is 5.97 Å². The van der Waals surface area contributed by atoms with Crippen LogP contribution in [0.3, 0.4) is 0 Å². The van der Waals surface area contributed by atoms with E-state index in [1.165, 1.54) is 34.9 Å². The van der Waals surface area contributed by atoms with E-state index in [4.69, 9.17) is 17.0 Å². The van der Waals surface area contributed by atoms with Crippen LogP contribution in [0.1, 0.15) is 27.0 Å². The molecule has 0 saturated carbocycles. The minimum Gasteiger partial charge on any atom is -0.465 e. The second kappa shape index (κ2) is 7.33. The molecule has 0 unspecified atom stereocenters. The van der Waals surface area contributed by atoms with Crippen molar-refractivity contribution in [2.45, 2.75) is 13.0 Å². The van der Waals surface area contributed by atoms with Crippen molar-refractivity contribution in [2.75, 3.05) is 12.0 Å². The number of methoxy groups -OCH3 is 1. The van der Waals surface area contributed by atoms with Gasteiger partial charge in [0.2, 0.25) is 0 Å². The molecule has 1 aliphatic rings. The van der Waals surface area contributed by atoms with E-state index >= 15 is 0 Å². The van der Waals surface area contributed by atoms with Gasteiger partial charge in [-0.2, -0.15) is 0 Å². The second-order valence-electron chi connectivity index (χ2n) is 6.60. The molecule has 0 bridgehead atoms. The van der Waals surface area contributed by atoms with Crippen molar-refractivity contribution in [2.24, 2.45) is 0 Å². The second-order valence-corrected chi connectivity index (χ2v) is 6.81. The van der Waals surface area contributed by atoms with Crippen LogP contribution in [0.25, 0.3) is 11.1 Å². The van der Waals surface area contributed by atoms with E-state index < -0.39 is 0 Å². The predicted molar refractivity (Wildman–Crippen MR) is 112 cm³/mol. The minimum absolute atomic E-state index is 0.339. The molecule has 0 saturated heterocycles. The van der Waals surface area contributed by atoms with E-state index in [1.54, 1.807) is 17.6 Å². The number of carbonyl (C=O) groups is 1. The highest BCUT2D eigenvalue weighted by Gasteiger charge is 2.18. The summed E-state index contributed by atoms with van der Waals surface area (Å²) >= 11 is 5.23. The predicted octanol–water partition coefficient (Wildman–Crippen LogP) is 5.01. The van der Waals surface area contributed by atoms with Crippen LogP contribution in [0.4, 0.5) is 5.69 Å². The van der Waals surface area contributed by atoms with Gasteiger partial charge in [0.25, 0.3) is 0 Å². The molecule has 134 valence electrons. The van der Waals surface area contributed by atoms with Gasteiger partial charge in [-0.3, -0.25) is 0 Å². The van der Waals surface area contributed by atoms with Gasteiger partial charge in [0.15, 0.2) is 0 Å². The number of hydrogen-bond acceptors (Lipinski definition) is 3. The number of thiocarbonyl (C=S) groups is 1. The quantitative estimate of drug-likeness (QED) is 0.363. The molecule has 0 atom stereocenters. The zero-order valence-electron chi connectivity index (χ0n) is 15.0. The van der Waals surface area contributed by atoms with Gasteiger partial charge in [-0.1, -0.05) is 54.7 Å². The summed E-state index contributed by atoms with van der Waals surface area (Å²) in [6, 6.07) is 22.5. The van der Waals surface area contributed by atoms with E-state index in [0.29, 0.717) is 12.1 Å². The van der Waals surface area contributed by atoms with Gasteiger partial charge in [-0.15, -0.1) is 0 Å². The molecule has 0 fully saturated rings. The maximum Gasteiger partial charge on any atom is 0.337 e. The van der Waals surface area contributed by atoms with E-state index in [2.05, 4.69) is 42.5 Å². The van der Waals surface area contributed by atoms with Crippen LogP contribution in [-0.4, -0.2) is 18.6 Å². The molecule has 3 aromatic carbocycles. The van der Waals surface area contributed by atoms with Crippen LogP contribution in [0, 0.1) is 0 Å². The Bertz CT molecular complexity index is 1010. The first-order chi connectivity index (χ1) is 13.2. The number of rotatable bonds is 5. The minimum atomic E-state index is -0.339. The number of hydrogen-bond donors (Lipinski definition) is 0. The van der Waals surface area contributed by atoms with Crippen LogP contribution < -0.4 is 4.90 Å². The number of carbonyl (C=O) groups excluding carboxylic acids is 1. The highest BCUT2D eigenvalue weighted by molar-refractivity contribution is 7.79. The normalized spacial score (nSPS) is 11.4. The molecule has 3 aromatic rings. The molecule has 0 aliphatic heterocycles. The van der Waals surface area contributed by atoms with Gasteiger partial charge in [0.1, 0.15) is 0 Å². The fourth-order valence-electron chi connectivity index (χ4n) is 3.59. The van der Waals surface area contributed by atoms with Gasteiger partial charge in [0, 0.05) is 12.2 Å². The zero-order valence-corrected chi connectivity index (χ0v) is 15.8. The maximum absolute atomic E-state index is 11.6. The Balaban J connectivity index is 1.55. The van der Waals surface area contributed by atoms with E-state index in [1.807, 2.05) is 17.0 Å². The van der Waals surface area contributed by atoms with Crippen LogP contribution in [0.2, 0.25) is 0 Å². The lowest BCUT2D eigenvalue weighted by atomic mass is 10.0. The first-order valence-corrected chi connectivity index (χ1v) is 9.27. The molecule has 0 aromatic heterocycles. The van der Waals surface area contributed by atoms with Crippen LogP contribution in [0.5, 0.6) is 0 Å². The Kier molecular flexibility index (Phi) is 4.73. The molecule has 0 amide bonds. The van der Waals surface area contributed by atoms with Crippen molar-refractivity contribution in [3.8, 4) is 11.1 Å². The highest BCUT2D eigenvalue weighted by atomic mass is 32.1. The molecule has 0 N–H and O–H groups in total. The van der Waals surface area contributed by atoms with E-state index in [9.17, 15) is 4.79 Å². The molecular formula is C23H19NO2S. The summed E-state index contributed by atoms with van der Waals surface area (Å²) in [5, 5.41) is 0. The molecular weight excluding hydrogens is 354 g/mol. The maximum atomic E-state index is 11.6. The summed E-state index contributed by atoms with van der Waals surface area (Å²) in [5.74, 6) is -0.339. The summed E-state index contributed by atoms with van der Waals surface area (Å²) in [6.45, 7) is 0.685. The van der Waals surface area contributed by atoms with Gasteiger partial charge in [-0.25, -0.2) is 4.79 Å². The number of esters is 1. The number of nitrogens with zero attached hydrogens (tertiary/aromatic N) is 1. The van der Waals surface area contributed by atoms with Crippen molar-refractivity contribution in [1.82, 2.24) is 0 Å². The van der Waals surface area contributed by atoms with Crippen molar-refractivity contribution in [3.05, 3.63) is 89.0 Å². The average Bonchev–Trinajstić information content (AvgIpc) is 3.09. The van der Waals surface area contributed by atoms with Gasteiger partial charge >= 0.3 is 5.97 Å². The molecule has 0 spiro atoms. The SMILES string of the molecule is COC(=O)c1ccc(N(C=S)Cc2ccc3c(c2)Cc2ccccc2-3)cc1.